The van der Waals surface area contributed by atoms with E-state index in [9.17, 15) is 5.11 Å². The Morgan fingerprint density at radius 3 is 2.86 bits per heavy atom. The first-order valence-corrected chi connectivity index (χ1v) is 8.12. The van der Waals surface area contributed by atoms with Gasteiger partial charge in [0, 0.05) is 63.8 Å². The number of ether oxygens (including phenoxy) is 2. The van der Waals surface area contributed by atoms with Gasteiger partial charge >= 0.3 is 0 Å². The van der Waals surface area contributed by atoms with Gasteiger partial charge in [0.2, 0.25) is 0 Å². The largest absolute Gasteiger partial charge is 0.388 e. The van der Waals surface area contributed by atoms with E-state index < -0.39 is 5.60 Å². The van der Waals surface area contributed by atoms with E-state index in [1.807, 2.05) is 6.20 Å². The fourth-order valence-electron chi connectivity index (χ4n) is 3.22. The number of aliphatic hydroxyl groups is 1. The topological polar surface area (TPSA) is 67.7 Å². The second-order valence-corrected chi connectivity index (χ2v) is 6.27. The summed E-state index contributed by atoms with van der Waals surface area (Å²) in [5.74, 6) is 0. The Morgan fingerprint density at radius 1 is 1.23 bits per heavy atom. The van der Waals surface area contributed by atoms with E-state index in [2.05, 4.69) is 14.9 Å². The molecular weight excluding hydrogens is 282 g/mol. The van der Waals surface area contributed by atoms with Gasteiger partial charge in [-0.25, -0.2) is 0 Å². The molecule has 6 heteroatoms. The Bertz CT molecular complexity index is 451. The van der Waals surface area contributed by atoms with E-state index in [0.717, 1.165) is 51.1 Å². The smallest absolute Gasteiger partial charge is 0.0818 e. The molecule has 2 aliphatic heterocycles. The molecule has 0 spiro atoms. The normalized spacial score (nSPS) is 26.0. The van der Waals surface area contributed by atoms with Crippen LogP contribution in [0.3, 0.4) is 0 Å². The number of rotatable bonds is 5. The summed E-state index contributed by atoms with van der Waals surface area (Å²) in [4.78, 5) is 10.8. The zero-order valence-electron chi connectivity index (χ0n) is 13.0. The molecule has 3 rings (SSSR count). The van der Waals surface area contributed by atoms with Crippen LogP contribution < -0.4 is 0 Å². The maximum atomic E-state index is 10.7. The van der Waals surface area contributed by atoms with Crippen molar-refractivity contribution in [2.75, 3.05) is 39.5 Å². The predicted molar refractivity (Wildman–Crippen MR) is 81.5 cm³/mol. The average Bonchev–Trinajstić information content (AvgIpc) is 2.55. The van der Waals surface area contributed by atoms with E-state index in [4.69, 9.17) is 9.47 Å². The van der Waals surface area contributed by atoms with Gasteiger partial charge in [-0.05, 0) is 12.8 Å². The number of aryl methyl sites for hydroxylation is 1. The minimum Gasteiger partial charge on any atom is -0.388 e. The first-order valence-electron chi connectivity index (χ1n) is 8.12. The average molecular weight is 307 g/mol. The minimum atomic E-state index is -0.611. The zero-order valence-corrected chi connectivity index (χ0v) is 13.0. The van der Waals surface area contributed by atoms with Gasteiger partial charge in [-0.15, -0.1) is 0 Å². The lowest BCUT2D eigenvalue weighted by atomic mass is 9.92. The van der Waals surface area contributed by atoms with Crippen LogP contribution in [0.4, 0.5) is 0 Å². The molecule has 22 heavy (non-hydrogen) atoms. The summed E-state index contributed by atoms with van der Waals surface area (Å²) < 4.78 is 11.0. The van der Waals surface area contributed by atoms with Gasteiger partial charge in [-0.3, -0.25) is 14.9 Å². The van der Waals surface area contributed by atoms with Crippen molar-refractivity contribution in [3.05, 3.63) is 24.3 Å². The van der Waals surface area contributed by atoms with Crippen LogP contribution in [0.2, 0.25) is 0 Å². The summed E-state index contributed by atoms with van der Waals surface area (Å²) in [6.07, 6.45) is 8.56. The predicted octanol–water partition coefficient (Wildman–Crippen LogP) is 0.651. The highest BCUT2D eigenvalue weighted by Crippen LogP contribution is 2.24. The Kier molecular flexibility index (Phi) is 5.36. The summed E-state index contributed by atoms with van der Waals surface area (Å²) in [7, 11) is 0. The molecule has 1 aromatic rings. The molecule has 1 unspecified atom stereocenters. The lowest BCUT2D eigenvalue weighted by molar-refractivity contribution is -0.104. The molecule has 0 aliphatic carbocycles. The van der Waals surface area contributed by atoms with Gasteiger partial charge in [0.1, 0.15) is 0 Å². The summed E-state index contributed by atoms with van der Waals surface area (Å²) in [5, 5.41) is 10.7. The second kappa shape index (κ2) is 7.46. The van der Waals surface area contributed by atoms with Gasteiger partial charge in [0.05, 0.1) is 24.5 Å². The molecule has 0 saturated carbocycles. The first kappa shape index (κ1) is 15.8. The molecule has 2 fully saturated rings. The van der Waals surface area contributed by atoms with E-state index in [0.29, 0.717) is 25.8 Å². The molecule has 0 aromatic carbocycles. The van der Waals surface area contributed by atoms with Crippen molar-refractivity contribution < 1.29 is 14.6 Å². The highest BCUT2D eigenvalue weighted by molar-refractivity contribution is 4.96. The third-order valence-electron chi connectivity index (χ3n) is 4.62. The van der Waals surface area contributed by atoms with Gasteiger partial charge in [-0.2, -0.15) is 0 Å². The van der Waals surface area contributed by atoms with Gasteiger partial charge in [-0.1, -0.05) is 0 Å². The third-order valence-corrected chi connectivity index (χ3v) is 4.62. The number of nitrogens with zero attached hydrogens (tertiary/aromatic N) is 3. The Balaban J connectivity index is 1.56. The quantitative estimate of drug-likeness (QED) is 0.861. The molecule has 2 aliphatic rings. The number of hydrogen-bond acceptors (Lipinski definition) is 6. The molecule has 3 heterocycles. The lowest BCUT2D eigenvalue weighted by Crippen LogP contribution is -2.54. The highest BCUT2D eigenvalue weighted by atomic mass is 16.5. The molecule has 1 atom stereocenters. The maximum Gasteiger partial charge on any atom is 0.0818 e. The summed E-state index contributed by atoms with van der Waals surface area (Å²) >= 11 is 0. The van der Waals surface area contributed by atoms with Crippen molar-refractivity contribution in [2.24, 2.45) is 0 Å². The van der Waals surface area contributed by atoms with Crippen LogP contribution in [0.15, 0.2) is 18.6 Å². The summed E-state index contributed by atoms with van der Waals surface area (Å²) in [6.45, 7) is 4.39. The summed E-state index contributed by atoms with van der Waals surface area (Å²) in [6, 6.07) is 0.336. The molecule has 0 amide bonds. The van der Waals surface area contributed by atoms with Gasteiger partial charge in [0.25, 0.3) is 0 Å². The lowest BCUT2D eigenvalue weighted by Gasteiger charge is -2.42. The van der Waals surface area contributed by atoms with E-state index in [1.165, 1.54) is 0 Å². The van der Waals surface area contributed by atoms with E-state index in [-0.39, 0.29) is 0 Å². The number of hydrogen-bond donors (Lipinski definition) is 1. The Morgan fingerprint density at radius 2 is 2.09 bits per heavy atom. The van der Waals surface area contributed by atoms with Crippen LogP contribution in [0.25, 0.3) is 0 Å². The van der Waals surface area contributed by atoms with Crippen LogP contribution >= 0.6 is 0 Å². The molecule has 6 nitrogen and oxygen atoms in total. The number of β-amino-alcohol motifs (C(OH)–C–C–N with tert-alkyl or cyclic N) is 1. The summed E-state index contributed by atoms with van der Waals surface area (Å²) in [5.41, 5.74) is 0.401. The van der Waals surface area contributed by atoms with Crippen molar-refractivity contribution in [2.45, 2.75) is 37.3 Å². The third kappa shape index (κ3) is 4.23. The van der Waals surface area contributed by atoms with Crippen molar-refractivity contribution in [3.8, 4) is 0 Å². The molecule has 1 aromatic heterocycles. The monoisotopic (exact) mass is 307 g/mol. The Labute approximate surface area is 131 Å². The standard InChI is InChI=1S/C16H25N3O3/c20-16(3-8-21-9-4-16)13-19-7-10-22-12-15(19)2-1-14-11-17-5-6-18-14/h5-6,11,15,20H,1-4,7-10,12-13H2. The van der Waals surface area contributed by atoms with Crippen molar-refractivity contribution in [1.82, 2.24) is 14.9 Å². The van der Waals surface area contributed by atoms with Crippen molar-refractivity contribution in [3.63, 3.8) is 0 Å². The second-order valence-electron chi connectivity index (χ2n) is 6.27. The van der Waals surface area contributed by atoms with E-state index in [1.54, 1.807) is 12.4 Å². The van der Waals surface area contributed by atoms with Crippen LogP contribution in [-0.4, -0.2) is 71.1 Å². The maximum absolute atomic E-state index is 10.7. The van der Waals surface area contributed by atoms with Crippen LogP contribution in [0.1, 0.15) is 25.0 Å². The molecule has 1 N–H and O–H groups in total. The van der Waals surface area contributed by atoms with Gasteiger partial charge < -0.3 is 14.6 Å². The molecule has 122 valence electrons. The van der Waals surface area contributed by atoms with Gasteiger partial charge in [0.15, 0.2) is 0 Å². The fraction of sp³-hybridized carbons (Fsp3) is 0.750. The SMILES string of the molecule is OC1(CN2CCOCC2CCc2cnccn2)CCOCC1. The minimum absolute atomic E-state index is 0.336. The molecule has 0 radical (unpaired) electrons. The molecular formula is C16H25N3O3. The molecule has 0 bridgehead atoms. The van der Waals surface area contributed by atoms with E-state index >= 15 is 0 Å². The number of aromatic nitrogens is 2. The number of morpholine rings is 1. The van der Waals surface area contributed by atoms with Crippen LogP contribution in [0, 0.1) is 0 Å². The fourth-order valence-corrected chi connectivity index (χ4v) is 3.22. The van der Waals surface area contributed by atoms with Crippen molar-refractivity contribution in [1.29, 1.82) is 0 Å². The van der Waals surface area contributed by atoms with Crippen molar-refractivity contribution >= 4 is 0 Å². The van der Waals surface area contributed by atoms with Crippen LogP contribution in [0.5, 0.6) is 0 Å². The zero-order chi connectivity index (χ0) is 15.3. The highest BCUT2D eigenvalue weighted by Gasteiger charge is 2.35. The Hall–Kier alpha value is -1.08. The van der Waals surface area contributed by atoms with Crippen LogP contribution in [-0.2, 0) is 15.9 Å². The molecule has 2 saturated heterocycles. The first-order chi connectivity index (χ1) is 10.8.